The van der Waals surface area contributed by atoms with E-state index in [1.165, 1.54) is 44.1 Å². The topological polar surface area (TPSA) is 29.9 Å². The van der Waals surface area contributed by atoms with E-state index in [0.29, 0.717) is 6.04 Å². The van der Waals surface area contributed by atoms with Gasteiger partial charge in [0, 0.05) is 19.3 Å². The number of aromatic nitrogens is 2. The molecule has 1 N–H and O–H groups in total. The Morgan fingerprint density at radius 1 is 1.35 bits per heavy atom. The van der Waals surface area contributed by atoms with Crippen molar-refractivity contribution in [3.8, 4) is 0 Å². The number of hydrogen-bond acceptors (Lipinski definition) is 2. The van der Waals surface area contributed by atoms with Crippen LogP contribution < -0.4 is 5.32 Å². The fraction of sp³-hybridized carbons (Fsp3) is 0.824. The maximum Gasteiger partial charge on any atom is 0.0521 e. The first kappa shape index (κ1) is 15.6. The lowest BCUT2D eigenvalue weighted by Crippen LogP contribution is -2.38. The molecule has 0 bridgehead atoms. The Hall–Kier alpha value is -0.830. The van der Waals surface area contributed by atoms with Crippen molar-refractivity contribution in [1.82, 2.24) is 15.1 Å². The Kier molecular flexibility index (Phi) is 6.08. The van der Waals surface area contributed by atoms with Gasteiger partial charge in [0.2, 0.25) is 0 Å². The highest BCUT2D eigenvalue weighted by molar-refractivity contribution is 5.04. The average Bonchev–Trinajstić information content (AvgIpc) is 2.86. The first-order valence-corrected chi connectivity index (χ1v) is 8.40. The molecule has 1 aromatic rings. The van der Waals surface area contributed by atoms with Crippen LogP contribution in [0.3, 0.4) is 0 Å². The van der Waals surface area contributed by atoms with Gasteiger partial charge in [-0.15, -0.1) is 0 Å². The van der Waals surface area contributed by atoms with Crippen LogP contribution in [0.25, 0.3) is 0 Å². The summed E-state index contributed by atoms with van der Waals surface area (Å²) in [6.45, 7) is 5.82. The predicted molar refractivity (Wildman–Crippen MR) is 84.7 cm³/mol. The van der Waals surface area contributed by atoms with Crippen LogP contribution >= 0.6 is 0 Å². The molecule has 0 aliphatic heterocycles. The van der Waals surface area contributed by atoms with Crippen molar-refractivity contribution in [3.63, 3.8) is 0 Å². The zero-order chi connectivity index (χ0) is 14.4. The summed E-state index contributed by atoms with van der Waals surface area (Å²) in [4.78, 5) is 0. The van der Waals surface area contributed by atoms with Gasteiger partial charge >= 0.3 is 0 Å². The van der Waals surface area contributed by atoms with E-state index in [1.807, 2.05) is 17.9 Å². The highest BCUT2D eigenvalue weighted by Gasteiger charge is 2.25. The number of rotatable bonds is 7. The van der Waals surface area contributed by atoms with E-state index in [4.69, 9.17) is 0 Å². The molecule has 0 spiro atoms. The van der Waals surface area contributed by atoms with Gasteiger partial charge in [0.15, 0.2) is 0 Å². The Labute approximate surface area is 124 Å². The van der Waals surface area contributed by atoms with Crippen molar-refractivity contribution in [1.29, 1.82) is 0 Å². The van der Waals surface area contributed by atoms with Crippen molar-refractivity contribution in [2.75, 3.05) is 6.54 Å². The Morgan fingerprint density at radius 3 is 2.70 bits per heavy atom. The van der Waals surface area contributed by atoms with Crippen molar-refractivity contribution in [3.05, 3.63) is 18.0 Å². The third-order valence-corrected chi connectivity index (χ3v) is 4.79. The van der Waals surface area contributed by atoms with Gasteiger partial charge in [0.1, 0.15) is 0 Å². The number of aryl methyl sites for hydroxylation is 2. The molecule has 1 heterocycles. The molecular weight excluding hydrogens is 246 g/mol. The lowest BCUT2D eigenvalue weighted by Gasteiger charge is -2.33. The lowest BCUT2D eigenvalue weighted by atomic mass is 9.78. The second kappa shape index (κ2) is 7.82. The van der Waals surface area contributed by atoms with E-state index < -0.39 is 0 Å². The normalized spacial score (nSPS) is 24.8. The molecule has 1 aromatic heterocycles. The monoisotopic (exact) mass is 277 g/mol. The minimum absolute atomic E-state index is 0.697. The zero-order valence-corrected chi connectivity index (χ0v) is 13.4. The van der Waals surface area contributed by atoms with Crippen LogP contribution in [-0.4, -0.2) is 22.4 Å². The SMILES string of the molecule is CCCNC(CCc1cnn(C)c1)C1CCC(C)CC1. The summed E-state index contributed by atoms with van der Waals surface area (Å²) in [5.41, 5.74) is 1.37. The molecule has 3 heteroatoms. The predicted octanol–water partition coefficient (Wildman–Crippen LogP) is 3.55. The maximum absolute atomic E-state index is 4.28. The van der Waals surface area contributed by atoms with Crippen LogP contribution in [0, 0.1) is 11.8 Å². The van der Waals surface area contributed by atoms with E-state index in [0.717, 1.165) is 24.8 Å². The van der Waals surface area contributed by atoms with Gasteiger partial charge in [0.05, 0.1) is 6.20 Å². The van der Waals surface area contributed by atoms with Gasteiger partial charge < -0.3 is 5.32 Å². The fourth-order valence-corrected chi connectivity index (χ4v) is 3.45. The van der Waals surface area contributed by atoms with Gasteiger partial charge in [-0.1, -0.05) is 26.7 Å². The van der Waals surface area contributed by atoms with E-state index in [-0.39, 0.29) is 0 Å². The molecule has 0 saturated heterocycles. The molecular formula is C17H31N3. The Balaban J connectivity index is 1.85. The minimum atomic E-state index is 0.697. The third-order valence-electron chi connectivity index (χ3n) is 4.79. The molecule has 1 saturated carbocycles. The van der Waals surface area contributed by atoms with Crippen molar-refractivity contribution in [2.24, 2.45) is 18.9 Å². The number of nitrogens with one attached hydrogen (secondary N) is 1. The summed E-state index contributed by atoms with van der Waals surface area (Å²) >= 11 is 0. The number of nitrogens with zero attached hydrogens (tertiary/aromatic N) is 2. The molecule has 1 aliphatic rings. The molecule has 1 fully saturated rings. The summed E-state index contributed by atoms with van der Waals surface area (Å²) in [5.74, 6) is 1.82. The number of hydrogen-bond donors (Lipinski definition) is 1. The minimum Gasteiger partial charge on any atom is -0.314 e. The van der Waals surface area contributed by atoms with Gasteiger partial charge in [0.25, 0.3) is 0 Å². The highest BCUT2D eigenvalue weighted by Crippen LogP contribution is 2.31. The molecule has 0 amide bonds. The van der Waals surface area contributed by atoms with Crippen LogP contribution in [0.2, 0.25) is 0 Å². The van der Waals surface area contributed by atoms with Gasteiger partial charge in [-0.2, -0.15) is 5.10 Å². The van der Waals surface area contributed by atoms with Crippen molar-refractivity contribution >= 4 is 0 Å². The molecule has 3 nitrogen and oxygen atoms in total. The summed E-state index contributed by atoms with van der Waals surface area (Å²) < 4.78 is 1.91. The first-order chi connectivity index (χ1) is 9.69. The standard InChI is InChI=1S/C17H31N3/c1-4-11-18-17(16-8-5-14(2)6-9-16)10-7-15-12-19-20(3)13-15/h12-14,16-18H,4-11H2,1-3H3. The van der Waals surface area contributed by atoms with Gasteiger partial charge in [-0.25, -0.2) is 0 Å². The lowest BCUT2D eigenvalue weighted by molar-refractivity contribution is 0.222. The Morgan fingerprint density at radius 2 is 2.10 bits per heavy atom. The molecule has 1 aliphatic carbocycles. The van der Waals surface area contributed by atoms with E-state index in [2.05, 4.69) is 30.5 Å². The summed E-state index contributed by atoms with van der Waals surface area (Å²) in [5, 5.41) is 8.08. The molecule has 114 valence electrons. The smallest absolute Gasteiger partial charge is 0.0521 e. The van der Waals surface area contributed by atoms with Crippen LogP contribution in [-0.2, 0) is 13.5 Å². The van der Waals surface area contributed by atoms with E-state index >= 15 is 0 Å². The summed E-state index contributed by atoms with van der Waals surface area (Å²) in [6, 6.07) is 0.697. The third kappa shape index (κ3) is 4.62. The van der Waals surface area contributed by atoms with Gasteiger partial charge in [-0.05, 0) is 56.0 Å². The first-order valence-electron chi connectivity index (χ1n) is 8.40. The molecule has 2 rings (SSSR count). The Bertz CT molecular complexity index is 377. The largest absolute Gasteiger partial charge is 0.314 e. The van der Waals surface area contributed by atoms with Crippen LogP contribution in [0.4, 0.5) is 0 Å². The zero-order valence-electron chi connectivity index (χ0n) is 13.4. The molecule has 20 heavy (non-hydrogen) atoms. The highest BCUT2D eigenvalue weighted by atomic mass is 15.2. The van der Waals surface area contributed by atoms with Crippen LogP contribution in [0.1, 0.15) is 57.9 Å². The summed E-state index contributed by atoms with van der Waals surface area (Å²) in [7, 11) is 2.00. The van der Waals surface area contributed by atoms with Gasteiger partial charge in [-0.3, -0.25) is 4.68 Å². The summed E-state index contributed by atoms with van der Waals surface area (Å²) in [6.07, 6.45) is 13.5. The van der Waals surface area contributed by atoms with Crippen LogP contribution in [0.15, 0.2) is 12.4 Å². The second-order valence-corrected chi connectivity index (χ2v) is 6.64. The van der Waals surface area contributed by atoms with E-state index in [1.54, 1.807) is 0 Å². The fourth-order valence-electron chi connectivity index (χ4n) is 3.45. The molecule has 0 radical (unpaired) electrons. The molecule has 1 atom stereocenters. The second-order valence-electron chi connectivity index (χ2n) is 6.64. The van der Waals surface area contributed by atoms with Crippen molar-refractivity contribution in [2.45, 2.75) is 64.8 Å². The van der Waals surface area contributed by atoms with Crippen LogP contribution in [0.5, 0.6) is 0 Å². The quantitative estimate of drug-likeness (QED) is 0.826. The average molecular weight is 277 g/mol. The maximum atomic E-state index is 4.28. The van der Waals surface area contributed by atoms with E-state index in [9.17, 15) is 0 Å². The molecule has 0 aromatic carbocycles. The molecule has 1 unspecified atom stereocenters. The van der Waals surface area contributed by atoms with Crippen molar-refractivity contribution < 1.29 is 0 Å².